The quantitative estimate of drug-likeness (QED) is 0.300. The molecule has 2 aliphatic heterocycles. The van der Waals surface area contributed by atoms with Crippen LogP contribution in [0.2, 0.25) is 10.0 Å². The van der Waals surface area contributed by atoms with E-state index >= 15 is 0 Å². The fraction of sp³-hybridized carbons (Fsp3) is 0.406. The summed E-state index contributed by atoms with van der Waals surface area (Å²) >= 11 is 12.5. The Morgan fingerprint density at radius 2 is 1.70 bits per heavy atom. The summed E-state index contributed by atoms with van der Waals surface area (Å²) in [5.74, 6) is -1.50. The van der Waals surface area contributed by atoms with Crippen LogP contribution < -0.4 is 10.2 Å². The number of aromatic nitrogens is 1. The summed E-state index contributed by atoms with van der Waals surface area (Å²) in [5.41, 5.74) is 1.45. The Morgan fingerprint density at radius 3 is 2.37 bits per heavy atom. The maximum atomic E-state index is 13.4. The molecule has 0 saturated carbocycles. The van der Waals surface area contributed by atoms with Gasteiger partial charge in [0.1, 0.15) is 5.82 Å². The van der Waals surface area contributed by atoms with E-state index in [-0.39, 0.29) is 12.3 Å². The minimum absolute atomic E-state index is 0.0509. The van der Waals surface area contributed by atoms with Crippen molar-refractivity contribution in [2.24, 2.45) is 0 Å². The van der Waals surface area contributed by atoms with Crippen molar-refractivity contribution in [2.45, 2.75) is 44.8 Å². The van der Waals surface area contributed by atoms with Gasteiger partial charge in [-0.05, 0) is 80.9 Å². The number of hydrogen-bond donors (Lipinski definition) is 1. The first-order valence-corrected chi connectivity index (χ1v) is 15.3. The smallest absolute Gasteiger partial charge is 0.253 e. The number of halogens is 4. The van der Waals surface area contributed by atoms with Gasteiger partial charge in [0.05, 0.1) is 10.6 Å². The highest BCUT2D eigenvalue weighted by Crippen LogP contribution is 2.29. The molecule has 5 rings (SSSR count). The highest BCUT2D eigenvalue weighted by Gasteiger charge is 2.32. The van der Waals surface area contributed by atoms with Crippen LogP contribution in [0.25, 0.3) is 0 Å². The average molecular weight is 631 g/mol. The zero-order valence-corrected chi connectivity index (χ0v) is 25.6. The molecule has 1 amide bonds. The standard InChI is InChI=1S/C32H35Cl2F2N5O2/c1-21-20-40(31-27(34)17-24(19-37-31)32(43)38-18-22-2-7-28(35)29(36)16-22)14-15-41(21)26-8-11-39(12-9-26)13-10-30(42)23-3-5-25(33)6-4-23/h2-7,16-17,19,21,26H,8-15,18,20H2,1H3,(H,38,43)/t21-/m0/s1. The number of hydrogen-bond acceptors (Lipinski definition) is 6. The van der Waals surface area contributed by atoms with Gasteiger partial charge in [0.2, 0.25) is 0 Å². The molecule has 2 saturated heterocycles. The lowest BCUT2D eigenvalue weighted by Crippen LogP contribution is -2.57. The number of piperidine rings is 1. The number of likely N-dealkylation sites (tertiary alicyclic amines) is 1. The van der Waals surface area contributed by atoms with Gasteiger partial charge in [0.25, 0.3) is 5.91 Å². The third-order valence-electron chi connectivity index (χ3n) is 8.35. The number of nitrogens with one attached hydrogen (secondary N) is 1. The van der Waals surface area contributed by atoms with Gasteiger partial charge in [-0.1, -0.05) is 29.3 Å². The van der Waals surface area contributed by atoms with E-state index in [4.69, 9.17) is 23.2 Å². The number of benzene rings is 2. The Hall–Kier alpha value is -3.11. The molecule has 1 atom stereocenters. The average Bonchev–Trinajstić information content (AvgIpc) is 3.01. The molecule has 3 heterocycles. The molecule has 0 radical (unpaired) electrons. The van der Waals surface area contributed by atoms with Gasteiger partial charge < -0.3 is 15.1 Å². The van der Waals surface area contributed by atoms with E-state index < -0.39 is 17.5 Å². The van der Waals surface area contributed by atoms with Crippen LogP contribution in [0.4, 0.5) is 14.6 Å². The lowest BCUT2D eigenvalue weighted by molar-refractivity contribution is 0.0692. The molecule has 2 aromatic carbocycles. The van der Waals surface area contributed by atoms with Crippen molar-refractivity contribution in [3.05, 3.63) is 93.1 Å². The Kier molecular flexibility index (Phi) is 10.3. The van der Waals surface area contributed by atoms with E-state index in [1.54, 1.807) is 30.3 Å². The summed E-state index contributed by atoms with van der Waals surface area (Å²) in [5, 5.41) is 3.71. The van der Waals surface area contributed by atoms with Crippen molar-refractivity contribution in [1.29, 1.82) is 0 Å². The molecule has 1 aromatic heterocycles. The molecule has 0 spiro atoms. The minimum atomic E-state index is -0.959. The van der Waals surface area contributed by atoms with E-state index in [0.29, 0.717) is 51.1 Å². The molecule has 1 N–H and O–H groups in total. The largest absolute Gasteiger partial charge is 0.353 e. The number of pyridine rings is 1. The summed E-state index contributed by atoms with van der Waals surface area (Å²) in [6.07, 6.45) is 4.12. The van der Waals surface area contributed by atoms with Crippen molar-refractivity contribution in [3.8, 4) is 0 Å². The number of piperazine rings is 1. The fourth-order valence-corrected chi connectivity index (χ4v) is 6.35. The Morgan fingerprint density at radius 1 is 0.953 bits per heavy atom. The number of nitrogens with zero attached hydrogens (tertiary/aromatic N) is 4. The molecule has 0 unspecified atom stereocenters. The number of carbonyl (C=O) groups excluding carboxylic acids is 2. The van der Waals surface area contributed by atoms with Crippen molar-refractivity contribution >= 4 is 40.7 Å². The summed E-state index contributed by atoms with van der Waals surface area (Å²) < 4.78 is 26.6. The Balaban J connectivity index is 1.08. The molecule has 11 heteroatoms. The maximum absolute atomic E-state index is 13.4. The summed E-state index contributed by atoms with van der Waals surface area (Å²) in [6, 6.07) is 13.0. The number of rotatable bonds is 9. The van der Waals surface area contributed by atoms with Crippen LogP contribution in [0.15, 0.2) is 54.7 Å². The van der Waals surface area contributed by atoms with Crippen molar-refractivity contribution in [2.75, 3.05) is 44.2 Å². The minimum Gasteiger partial charge on any atom is -0.353 e. The summed E-state index contributed by atoms with van der Waals surface area (Å²) in [4.78, 5) is 36.8. The zero-order chi connectivity index (χ0) is 30.5. The van der Waals surface area contributed by atoms with Crippen LogP contribution in [-0.2, 0) is 6.54 Å². The predicted octanol–water partition coefficient (Wildman–Crippen LogP) is 5.84. The van der Waals surface area contributed by atoms with Crippen LogP contribution in [-0.4, -0.2) is 77.8 Å². The SMILES string of the molecule is C[C@H]1CN(c2ncc(C(=O)NCc3ccc(F)c(F)c3)cc2Cl)CCN1C1CCN(CCC(=O)c2ccc(Cl)cc2)CC1. The normalized spacial score (nSPS) is 18.5. The van der Waals surface area contributed by atoms with Gasteiger partial charge in [-0.2, -0.15) is 0 Å². The van der Waals surface area contributed by atoms with Crippen LogP contribution in [0, 0.1) is 11.6 Å². The van der Waals surface area contributed by atoms with Crippen LogP contribution in [0.3, 0.4) is 0 Å². The predicted molar refractivity (Wildman–Crippen MR) is 165 cm³/mol. The highest BCUT2D eigenvalue weighted by molar-refractivity contribution is 6.33. The van der Waals surface area contributed by atoms with Gasteiger partial charge >= 0.3 is 0 Å². The Labute approximate surface area is 260 Å². The zero-order valence-electron chi connectivity index (χ0n) is 24.0. The first-order valence-electron chi connectivity index (χ1n) is 14.6. The first-order chi connectivity index (χ1) is 20.7. The number of amides is 1. The number of anilines is 1. The topological polar surface area (TPSA) is 68.8 Å². The van der Waals surface area contributed by atoms with Gasteiger partial charge in [0, 0.05) is 68.0 Å². The number of ketones is 1. The van der Waals surface area contributed by atoms with Crippen molar-refractivity contribution in [3.63, 3.8) is 0 Å². The summed E-state index contributed by atoms with van der Waals surface area (Å²) in [7, 11) is 0. The highest BCUT2D eigenvalue weighted by atomic mass is 35.5. The molecular formula is C32H35Cl2F2N5O2. The van der Waals surface area contributed by atoms with Gasteiger partial charge in [-0.25, -0.2) is 13.8 Å². The second-order valence-electron chi connectivity index (χ2n) is 11.2. The third-order valence-corrected chi connectivity index (χ3v) is 8.88. The van der Waals surface area contributed by atoms with Crippen molar-refractivity contribution in [1.82, 2.24) is 20.1 Å². The first kappa shape index (κ1) is 31.3. The maximum Gasteiger partial charge on any atom is 0.253 e. The van der Waals surface area contributed by atoms with Crippen LogP contribution in [0.5, 0.6) is 0 Å². The fourth-order valence-electron chi connectivity index (χ4n) is 5.94. The molecular weight excluding hydrogens is 595 g/mol. The second kappa shape index (κ2) is 14.1. The number of carbonyl (C=O) groups is 2. The van der Waals surface area contributed by atoms with E-state index in [1.165, 1.54) is 12.3 Å². The van der Waals surface area contributed by atoms with E-state index in [9.17, 15) is 18.4 Å². The van der Waals surface area contributed by atoms with Gasteiger partial charge in [-0.15, -0.1) is 0 Å². The molecule has 7 nitrogen and oxygen atoms in total. The number of Topliss-reactive ketones (excluding diaryl/α,β-unsaturated/α-hetero) is 1. The molecule has 2 aliphatic rings. The second-order valence-corrected chi connectivity index (χ2v) is 12.1. The van der Waals surface area contributed by atoms with Crippen molar-refractivity contribution < 1.29 is 18.4 Å². The van der Waals surface area contributed by atoms with Crippen LogP contribution >= 0.6 is 23.2 Å². The molecule has 3 aromatic rings. The lowest BCUT2D eigenvalue weighted by Gasteiger charge is -2.46. The van der Waals surface area contributed by atoms with Gasteiger partial charge in [0.15, 0.2) is 17.4 Å². The van der Waals surface area contributed by atoms with E-state index in [1.807, 2.05) is 0 Å². The van der Waals surface area contributed by atoms with Gasteiger partial charge in [-0.3, -0.25) is 14.5 Å². The molecule has 0 aliphatic carbocycles. The third kappa shape index (κ3) is 7.89. The molecule has 43 heavy (non-hydrogen) atoms. The molecule has 2 fully saturated rings. The lowest BCUT2D eigenvalue weighted by atomic mass is 9.99. The van der Waals surface area contributed by atoms with E-state index in [2.05, 4.69) is 31.9 Å². The molecule has 0 bridgehead atoms. The van der Waals surface area contributed by atoms with E-state index in [0.717, 1.165) is 64.2 Å². The molecule has 228 valence electrons. The summed E-state index contributed by atoms with van der Waals surface area (Å²) in [6.45, 7) is 7.40. The Bertz CT molecular complexity index is 1450. The van der Waals surface area contributed by atoms with Crippen LogP contribution in [0.1, 0.15) is 52.5 Å². The monoisotopic (exact) mass is 629 g/mol.